The molecule has 4 aromatic rings. The first-order valence-electron chi connectivity index (χ1n) is 9.97. The normalized spacial score (nSPS) is 18.2. The third kappa shape index (κ3) is 4.33. The lowest BCUT2D eigenvalue weighted by molar-refractivity contribution is 0.254. The van der Waals surface area contributed by atoms with Crippen LogP contribution in [0.2, 0.25) is 0 Å². The van der Waals surface area contributed by atoms with Gasteiger partial charge in [-0.3, -0.25) is 9.97 Å². The average molecular weight is 445 g/mol. The highest BCUT2D eigenvalue weighted by Gasteiger charge is 2.41. The predicted molar refractivity (Wildman–Crippen MR) is 125 cm³/mol. The Morgan fingerprint density at radius 3 is 2.61 bits per heavy atom. The van der Waals surface area contributed by atoms with Crippen LogP contribution in [0.5, 0.6) is 0 Å². The summed E-state index contributed by atoms with van der Waals surface area (Å²) < 4.78 is 6.32. The Balaban J connectivity index is 1.48. The van der Waals surface area contributed by atoms with Crippen molar-refractivity contribution in [2.75, 3.05) is 0 Å². The van der Waals surface area contributed by atoms with Gasteiger partial charge in [0.2, 0.25) is 0 Å². The molecule has 5 rings (SSSR count). The van der Waals surface area contributed by atoms with E-state index in [0.717, 1.165) is 27.0 Å². The van der Waals surface area contributed by atoms with Crippen LogP contribution in [0.4, 0.5) is 0 Å². The molecular formula is C24H20N4OS2. The Morgan fingerprint density at radius 2 is 1.84 bits per heavy atom. The van der Waals surface area contributed by atoms with Gasteiger partial charge in [-0.25, -0.2) is 0 Å². The maximum absolute atomic E-state index is 6.32. The molecule has 1 aliphatic rings. The van der Waals surface area contributed by atoms with E-state index in [2.05, 4.69) is 38.4 Å². The third-order valence-electron chi connectivity index (χ3n) is 5.13. The van der Waals surface area contributed by atoms with Crippen LogP contribution in [0.15, 0.2) is 106 Å². The van der Waals surface area contributed by atoms with Crippen molar-refractivity contribution in [3.63, 3.8) is 0 Å². The van der Waals surface area contributed by atoms with Crippen molar-refractivity contribution in [1.29, 1.82) is 0 Å². The molecule has 31 heavy (non-hydrogen) atoms. The fraction of sp³-hybridized carbons (Fsp3) is 0.125. The van der Waals surface area contributed by atoms with Gasteiger partial charge in [0.05, 0.1) is 11.7 Å². The lowest BCUT2D eigenvalue weighted by Crippen LogP contribution is -2.29. The van der Waals surface area contributed by atoms with Crippen molar-refractivity contribution in [3.8, 4) is 0 Å². The highest BCUT2D eigenvalue weighted by atomic mass is 32.2. The van der Waals surface area contributed by atoms with Gasteiger partial charge in [0.1, 0.15) is 11.8 Å². The Bertz CT molecular complexity index is 1150. The topological polar surface area (TPSA) is 54.2 Å². The van der Waals surface area contributed by atoms with E-state index in [4.69, 9.17) is 16.6 Å². The predicted octanol–water partition coefficient (Wildman–Crippen LogP) is 5.39. The number of hydrogen-bond donors (Lipinski definition) is 1. The maximum Gasteiger partial charge on any atom is 0.170 e. The van der Waals surface area contributed by atoms with Gasteiger partial charge in [-0.05, 0) is 60.2 Å². The first-order chi connectivity index (χ1) is 15.3. The number of furan rings is 1. The van der Waals surface area contributed by atoms with E-state index >= 15 is 0 Å². The highest BCUT2D eigenvalue weighted by Crippen LogP contribution is 2.41. The minimum atomic E-state index is -0.118. The lowest BCUT2D eigenvalue weighted by Gasteiger charge is -2.26. The summed E-state index contributed by atoms with van der Waals surface area (Å²) in [6.45, 7) is 0.634. The molecule has 1 aliphatic heterocycles. The molecule has 0 bridgehead atoms. The van der Waals surface area contributed by atoms with Gasteiger partial charge >= 0.3 is 0 Å². The van der Waals surface area contributed by atoms with Gasteiger partial charge in [-0.1, -0.05) is 42.1 Å². The molecule has 0 radical (unpaired) electrons. The van der Waals surface area contributed by atoms with Crippen LogP contribution in [0.3, 0.4) is 0 Å². The molecule has 3 aromatic heterocycles. The minimum Gasteiger partial charge on any atom is -0.452 e. The number of rotatable bonds is 6. The summed E-state index contributed by atoms with van der Waals surface area (Å²) in [6, 6.07) is 24.0. The SMILES string of the molecule is S=C1N[C@@H](c2ccccn2)[C@@H](c2ccc(Sc3ccccc3)o2)N1Cc1cccnc1. The summed E-state index contributed by atoms with van der Waals surface area (Å²) in [6.07, 6.45) is 5.45. The fourth-order valence-corrected chi connectivity index (χ4v) is 4.83. The second kappa shape index (κ2) is 8.91. The number of aromatic nitrogens is 2. The molecule has 1 saturated heterocycles. The van der Waals surface area contributed by atoms with E-state index < -0.39 is 0 Å². The molecule has 154 valence electrons. The molecule has 1 fully saturated rings. The second-order valence-electron chi connectivity index (χ2n) is 7.19. The molecule has 1 N–H and O–H groups in total. The smallest absolute Gasteiger partial charge is 0.170 e. The van der Waals surface area contributed by atoms with Crippen molar-refractivity contribution in [3.05, 3.63) is 108 Å². The summed E-state index contributed by atoms with van der Waals surface area (Å²) in [5.41, 5.74) is 2.01. The number of nitrogens with zero attached hydrogens (tertiary/aromatic N) is 3. The van der Waals surface area contributed by atoms with E-state index in [0.29, 0.717) is 11.7 Å². The lowest BCUT2D eigenvalue weighted by atomic mass is 10.0. The number of hydrogen-bond acceptors (Lipinski definition) is 5. The molecule has 1 aromatic carbocycles. The van der Waals surface area contributed by atoms with Gasteiger partial charge in [-0.2, -0.15) is 0 Å². The van der Waals surface area contributed by atoms with Crippen LogP contribution in [-0.4, -0.2) is 20.0 Å². The van der Waals surface area contributed by atoms with Crippen LogP contribution in [0, 0.1) is 0 Å². The molecule has 0 amide bonds. The van der Waals surface area contributed by atoms with Crippen LogP contribution in [0.1, 0.15) is 29.1 Å². The molecule has 0 saturated carbocycles. The first kappa shape index (κ1) is 19.8. The van der Waals surface area contributed by atoms with Gasteiger partial charge in [0.25, 0.3) is 0 Å². The molecule has 2 atom stereocenters. The van der Waals surface area contributed by atoms with Gasteiger partial charge in [0, 0.05) is 30.0 Å². The van der Waals surface area contributed by atoms with Crippen LogP contribution < -0.4 is 5.32 Å². The number of thiocarbonyl (C=S) groups is 1. The molecule has 4 heterocycles. The van der Waals surface area contributed by atoms with Gasteiger partial charge < -0.3 is 14.6 Å². The summed E-state index contributed by atoms with van der Waals surface area (Å²) >= 11 is 7.33. The summed E-state index contributed by atoms with van der Waals surface area (Å²) in [5.74, 6) is 0.852. The van der Waals surface area contributed by atoms with Gasteiger partial charge in [-0.15, -0.1) is 0 Å². The minimum absolute atomic E-state index is 0.105. The Kier molecular flexibility index (Phi) is 5.69. The molecular weight excluding hydrogens is 424 g/mol. The van der Waals surface area contributed by atoms with Crippen molar-refractivity contribution in [2.45, 2.75) is 28.6 Å². The first-order valence-corrected chi connectivity index (χ1v) is 11.2. The largest absolute Gasteiger partial charge is 0.452 e. The zero-order valence-electron chi connectivity index (χ0n) is 16.6. The highest BCUT2D eigenvalue weighted by molar-refractivity contribution is 7.99. The Labute approximate surface area is 190 Å². The van der Waals surface area contributed by atoms with Crippen molar-refractivity contribution in [1.82, 2.24) is 20.2 Å². The monoisotopic (exact) mass is 444 g/mol. The van der Waals surface area contributed by atoms with Crippen LogP contribution in [-0.2, 0) is 6.54 Å². The Hall–Kier alpha value is -3.16. The molecule has 7 heteroatoms. The van der Waals surface area contributed by atoms with E-state index in [1.807, 2.05) is 60.8 Å². The zero-order chi connectivity index (χ0) is 21.0. The van der Waals surface area contributed by atoms with E-state index in [9.17, 15) is 0 Å². The van der Waals surface area contributed by atoms with Crippen molar-refractivity contribution < 1.29 is 4.42 Å². The van der Waals surface area contributed by atoms with E-state index in [-0.39, 0.29) is 12.1 Å². The zero-order valence-corrected chi connectivity index (χ0v) is 18.2. The van der Waals surface area contributed by atoms with Crippen LogP contribution in [0.25, 0.3) is 0 Å². The van der Waals surface area contributed by atoms with E-state index in [1.54, 1.807) is 24.2 Å². The quantitative estimate of drug-likeness (QED) is 0.400. The number of pyridine rings is 2. The average Bonchev–Trinajstić information content (AvgIpc) is 3.40. The Morgan fingerprint density at radius 1 is 0.968 bits per heavy atom. The third-order valence-corrected chi connectivity index (χ3v) is 6.41. The van der Waals surface area contributed by atoms with Gasteiger partial charge in [0.15, 0.2) is 10.2 Å². The van der Waals surface area contributed by atoms with Crippen molar-refractivity contribution in [2.24, 2.45) is 0 Å². The summed E-state index contributed by atoms with van der Waals surface area (Å²) in [5, 5.41) is 4.98. The second-order valence-corrected chi connectivity index (χ2v) is 8.65. The number of benzene rings is 1. The molecule has 0 spiro atoms. The molecule has 5 nitrogen and oxygen atoms in total. The molecule has 0 aliphatic carbocycles. The van der Waals surface area contributed by atoms with Crippen LogP contribution >= 0.6 is 24.0 Å². The molecule has 0 unspecified atom stereocenters. The summed E-state index contributed by atoms with van der Waals surface area (Å²) in [4.78, 5) is 12.1. The van der Waals surface area contributed by atoms with E-state index in [1.165, 1.54) is 0 Å². The maximum atomic E-state index is 6.32. The van der Waals surface area contributed by atoms with Crippen molar-refractivity contribution >= 4 is 29.1 Å². The summed E-state index contributed by atoms with van der Waals surface area (Å²) in [7, 11) is 0. The standard InChI is InChI=1S/C24H20N4OS2/c30-24-27-22(19-10-4-5-14-26-19)23(28(24)16-17-7-6-13-25-15-17)20-11-12-21(29-20)31-18-8-2-1-3-9-18/h1-15,22-23H,16H2,(H,27,30)/t22-,23+/m0/s1. The fourth-order valence-electron chi connectivity index (χ4n) is 3.73. The number of nitrogens with one attached hydrogen (secondary N) is 1.